The predicted octanol–water partition coefficient (Wildman–Crippen LogP) is 4.11. The number of amides is 4. The van der Waals surface area contributed by atoms with E-state index in [0.717, 1.165) is 129 Å². The Morgan fingerprint density at radius 1 is 0.447 bits per heavy atom. The number of nitrogens with zero attached hydrogens (tertiary/aromatic N) is 4. The highest BCUT2D eigenvalue weighted by Gasteiger charge is 2.31. The third kappa shape index (κ3) is 8.19. The molecule has 0 aromatic rings. The standard InChI is InChI=1S/C30H50N4O4/c35-27-13-7-21-31(27)19-5-2-1-3-11-25(33-23-9-15-29(33)37)17-18-26(34-24-10-16-30(34)38)12-4-6-20-32-22-8-14-28(32)36/h25-26H,1-24H2. The molecule has 2 atom stereocenters. The molecule has 4 fully saturated rings. The zero-order chi connectivity index (χ0) is 26.7. The smallest absolute Gasteiger partial charge is 0.222 e. The van der Waals surface area contributed by atoms with Crippen LogP contribution >= 0.6 is 0 Å². The number of rotatable bonds is 17. The van der Waals surface area contributed by atoms with Gasteiger partial charge in [-0.1, -0.05) is 19.3 Å². The van der Waals surface area contributed by atoms with E-state index in [0.29, 0.717) is 43.4 Å². The van der Waals surface area contributed by atoms with Gasteiger partial charge in [0.1, 0.15) is 0 Å². The zero-order valence-electron chi connectivity index (χ0n) is 23.5. The molecule has 8 nitrogen and oxygen atoms in total. The van der Waals surface area contributed by atoms with Gasteiger partial charge >= 0.3 is 0 Å². The maximum Gasteiger partial charge on any atom is 0.222 e. The van der Waals surface area contributed by atoms with Crippen molar-refractivity contribution < 1.29 is 19.2 Å². The quantitative estimate of drug-likeness (QED) is 0.265. The first-order valence-corrected chi connectivity index (χ1v) is 15.7. The van der Waals surface area contributed by atoms with Crippen LogP contribution in [-0.2, 0) is 19.2 Å². The molecule has 8 heteroatoms. The molecule has 0 aromatic carbocycles. The lowest BCUT2D eigenvalue weighted by Crippen LogP contribution is -2.40. The lowest BCUT2D eigenvalue weighted by Gasteiger charge is -2.33. The third-order valence-corrected chi connectivity index (χ3v) is 9.21. The SMILES string of the molecule is O=C1CCCN1CCCCCCC(CCC(CCCCN1CCCC1=O)N1CCCC1=O)N1CCCC1=O. The molecule has 4 aliphatic heterocycles. The Kier molecular flexibility index (Phi) is 11.3. The van der Waals surface area contributed by atoms with Crippen LogP contribution in [0.1, 0.15) is 116 Å². The van der Waals surface area contributed by atoms with Crippen molar-refractivity contribution in [3.8, 4) is 0 Å². The lowest BCUT2D eigenvalue weighted by atomic mass is 9.95. The van der Waals surface area contributed by atoms with Crippen LogP contribution in [0.2, 0.25) is 0 Å². The van der Waals surface area contributed by atoms with Crippen molar-refractivity contribution in [2.75, 3.05) is 39.3 Å². The van der Waals surface area contributed by atoms with Gasteiger partial charge < -0.3 is 19.6 Å². The fraction of sp³-hybridized carbons (Fsp3) is 0.867. The van der Waals surface area contributed by atoms with Crippen LogP contribution < -0.4 is 0 Å². The second-order valence-electron chi connectivity index (χ2n) is 11.9. The fourth-order valence-corrected chi connectivity index (χ4v) is 7.01. The fourth-order valence-electron chi connectivity index (χ4n) is 7.01. The molecule has 0 aliphatic carbocycles. The minimum absolute atomic E-state index is 0.248. The highest BCUT2D eigenvalue weighted by molar-refractivity contribution is 5.79. The van der Waals surface area contributed by atoms with Crippen molar-refractivity contribution in [3.05, 3.63) is 0 Å². The molecule has 2 unspecified atom stereocenters. The average molecular weight is 531 g/mol. The molecule has 0 N–H and O–H groups in total. The largest absolute Gasteiger partial charge is 0.343 e. The van der Waals surface area contributed by atoms with Crippen LogP contribution in [0.4, 0.5) is 0 Å². The Bertz CT molecular complexity index is 818. The van der Waals surface area contributed by atoms with Crippen LogP contribution in [0.15, 0.2) is 0 Å². The summed E-state index contributed by atoms with van der Waals surface area (Å²) in [4.78, 5) is 57.2. The van der Waals surface area contributed by atoms with E-state index in [1.54, 1.807) is 0 Å². The summed E-state index contributed by atoms with van der Waals surface area (Å²) in [6.45, 7) is 5.29. The molecule has 4 heterocycles. The molecule has 4 saturated heterocycles. The monoisotopic (exact) mass is 530 g/mol. The molecule has 38 heavy (non-hydrogen) atoms. The van der Waals surface area contributed by atoms with Crippen molar-refractivity contribution in [3.63, 3.8) is 0 Å². The lowest BCUT2D eigenvalue weighted by molar-refractivity contribution is -0.132. The first-order valence-electron chi connectivity index (χ1n) is 15.7. The van der Waals surface area contributed by atoms with Gasteiger partial charge in [-0.25, -0.2) is 0 Å². The number of carbonyl (C=O) groups excluding carboxylic acids is 4. The van der Waals surface area contributed by atoms with Crippen molar-refractivity contribution >= 4 is 23.6 Å². The van der Waals surface area contributed by atoms with Crippen molar-refractivity contribution in [2.24, 2.45) is 0 Å². The van der Waals surface area contributed by atoms with Gasteiger partial charge in [0, 0.05) is 77.0 Å². The summed E-state index contributed by atoms with van der Waals surface area (Å²) in [5.74, 6) is 1.19. The Hall–Kier alpha value is -2.12. The molecule has 0 spiro atoms. The summed E-state index contributed by atoms with van der Waals surface area (Å²) in [6, 6.07) is 0.519. The van der Waals surface area contributed by atoms with Gasteiger partial charge in [0.15, 0.2) is 0 Å². The Balaban J connectivity index is 1.23. The molecule has 4 amide bonds. The van der Waals surface area contributed by atoms with Gasteiger partial charge in [0.05, 0.1) is 0 Å². The molecule has 0 radical (unpaired) electrons. The van der Waals surface area contributed by atoms with E-state index in [4.69, 9.17) is 0 Å². The molecule has 0 aromatic heterocycles. The van der Waals surface area contributed by atoms with Gasteiger partial charge in [0.25, 0.3) is 0 Å². The minimum atomic E-state index is 0.248. The second kappa shape index (κ2) is 14.9. The van der Waals surface area contributed by atoms with Crippen LogP contribution in [0.3, 0.4) is 0 Å². The molecular formula is C30H50N4O4. The summed E-state index contributed by atoms with van der Waals surface area (Å²) >= 11 is 0. The van der Waals surface area contributed by atoms with Crippen molar-refractivity contribution in [1.29, 1.82) is 0 Å². The van der Waals surface area contributed by atoms with E-state index >= 15 is 0 Å². The second-order valence-corrected chi connectivity index (χ2v) is 11.9. The number of likely N-dealkylation sites (tertiary alicyclic amines) is 4. The Morgan fingerprint density at radius 3 is 1.26 bits per heavy atom. The Labute approximate surface area is 229 Å². The maximum absolute atomic E-state index is 12.6. The van der Waals surface area contributed by atoms with E-state index < -0.39 is 0 Å². The van der Waals surface area contributed by atoms with Crippen LogP contribution in [-0.4, -0.2) is 94.6 Å². The predicted molar refractivity (Wildman–Crippen MR) is 147 cm³/mol. The van der Waals surface area contributed by atoms with E-state index in [9.17, 15) is 19.2 Å². The van der Waals surface area contributed by atoms with Crippen LogP contribution in [0.5, 0.6) is 0 Å². The zero-order valence-corrected chi connectivity index (χ0v) is 23.5. The van der Waals surface area contributed by atoms with Gasteiger partial charge in [-0.05, 0) is 70.6 Å². The first kappa shape index (κ1) is 28.9. The van der Waals surface area contributed by atoms with Gasteiger partial charge in [-0.2, -0.15) is 0 Å². The highest BCUT2D eigenvalue weighted by Crippen LogP contribution is 2.27. The van der Waals surface area contributed by atoms with Gasteiger partial charge in [-0.15, -0.1) is 0 Å². The topological polar surface area (TPSA) is 81.2 Å². The molecule has 4 aliphatic rings. The molecule has 0 saturated carbocycles. The van der Waals surface area contributed by atoms with Crippen molar-refractivity contribution in [2.45, 2.75) is 128 Å². The first-order chi connectivity index (χ1) is 18.5. The summed E-state index contributed by atoms with van der Waals surface area (Å²) < 4.78 is 0. The number of carbonyl (C=O) groups is 4. The normalized spacial score (nSPS) is 22.0. The van der Waals surface area contributed by atoms with E-state index in [1.165, 1.54) is 0 Å². The summed E-state index contributed by atoms with van der Waals surface area (Å²) in [5, 5.41) is 0. The summed E-state index contributed by atoms with van der Waals surface area (Å²) in [6.07, 6.45) is 17.1. The number of hydrogen-bond acceptors (Lipinski definition) is 4. The van der Waals surface area contributed by atoms with Crippen LogP contribution in [0, 0.1) is 0 Å². The Morgan fingerprint density at radius 2 is 0.842 bits per heavy atom. The molecule has 0 bridgehead atoms. The number of unbranched alkanes of at least 4 members (excludes halogenated alkanes) is 4. The number of hydrogen-bond donors (Lipinski definition) is 0. The maximum atomic E-state index is 12.6. The summed E-state index contributed by atoms with van der Waals surface area (Å²) in [7, 11) is 0. The highest BCUT2D eigenvalue weighted by atomic mass is 16.2. The summed E-state index contributed by atoms with van der Waals surface area (Å²) in [5.41, 5.74) is 0. The van der Waals surface area contributed by atoms with E-state index in [-0.39, 0.29) is 18.0 Å². The molecule has 4 rings (SSSR count). The van der Waals surface area contributed by atoms with Crippen molar-refractivity contribution in [1.82, 2.24) is 19.6 Å². The van der Waals surface area contributed by atoms with Crippen LogP contribution in [0.25, 0.3) is 0 Å². The van der Waals surface area contributed by atoms with E-state index in [1.807, 2.05) is 9.80 Å². The van der Waals surface area contributed by atoms with Gasteiger partial charge in [-0.3, -0.25) is 19.2 Å². The average Bonchev–Trinajstić information content (AvgIpc) is 3.70. The molecule has 214 valence electrons. The van der Waals surface area contributed by atoms with Gasteiger partial charge in [0.2, 0.25) is 23.6 Å². The minimum Gasteiger partial charge on any atom is -0.343 e. The van der Waals surface area contributed by atoms with E-state index in [2.05, 4.69) is 9.80 Å². The molecular weight excluding hydrogens is 480 g/mol. The third-order valence-electron chi connectivity index (χ3n) is 9.21.